The average molecular weight is 261 g/mol. The number of rotatable bonds is 4. The molecular formula is C15H19NO3. The van der Waals surface area contributed by atoms with Crippen molar-refractivity contribution in [3.63, 3.8) is 0 Å². The largest absolute Gasteiger partial charge is 0.486 e. The van der Waals surface area contributed by atoms with Crippen LogP contribution in [0.15, 0.2) is 18.2 Å². The molecule has 4 heteroatoms. The zero-order valence-electron chi connectivity index (χ0n) is 11.2. The second-order valence-electron chi connectivity index (χ2n) is 5.37. The van der Waals surface area contributed by atoms with Crippen LogP contribution in [-0.4, -0.2) is 25.7 Å². The molecule has 3 rings (SSSR count). The molecule has 1 aromatic rings. The van der Waals surface area contributed by atoms with Gasteiger partial charge in [0.1, 0.15) is 13.2 Å². The Morgan fingerprint density at radius 2 is 2.11 bits per heavy atom. The minimum Gasteiger partial charge on any atom is -0.486 e. The van der Waals surface area contributed by atoms with Crippen molar-refractivity contribution in [3.8, 4) is 11.5 Å². The fourth-order valence-corrected chi connectivity index (χ4v) is 2.45. The van der Waals surface area contributed by atoms with Crippen LogP contribution in [0.5, 0.6) is 11.5 Å². The molecule has 1 N–H and O–H groups in total. The molecule has 1 heterocycles. The summed E-state index contributed by atoms with van der Waals surface area (Å²) in [7, 11) is 0. The van der Waals surface area contributed by atoms with Crippen LogP contribution in [-0.2, 0) is 0 Å². The molecule has 0 aromatic heterocycles. The summed E-state index contributed by atoms with van der Waals surface area (Å²) >= 11 is 0. The summed E-state index contributed by atoms with van der Waals surface area (Å²) in [5.74, 6) is 1.17. The standard InChI is InChI=1S/C15H19NO3/c1-2-15(6-7-15)10-16-14(17)11-4-3-5-12-13(11)19-9-8-18-12/h3-5H,2,6-10H2,1H3,(H,16,17). The van der Waals surface area contributed by atoms with Crippen molar-refractivity contribution in [1.82, 2.24) is 5.32 Å². The van der Waals surface area contributed by atoms with E-state index in [2.05, 4.69) is 12.2 Å². The molecule has 0 radical (unpaired) electrons. The number of carbonyl (C=O) groups is 1. The minimum atomic E-state index is -0.0675. The quantitative estimate of drug-likeness (QED) is 0.905. The van der Waals surface area contributed by atoms with Crippen molar-refractivity contribution < 1.29 is 14.3 Å². The molecule has 4 nitrogen and oxygen atoms in total. The molecule has 0 saturated heterocycles. The van der Waals surface area contributed by atoms with E-state index in [0.717, 1.165) is 13.0 Å². The highest BCUT2D eigenvalue weighted by Crippen LogP contribution is 2.48. The highest BCUT2D eigenvalue weighted by Gasteiger charge is 2.40. The number of para-hydroxylation sites is 1. The normalized spacial score (nSPS) is 18.8. The molecule has 0 unspecified atom stereocenters. The van der Waals surface area contributed by atoms with Crippen LogP contribution in [0, 0.1) is 5.41 Å². The average Bonchev–Trinajstić information content (AvgIpc) is 3.25. The number of benzene rings is 1. The molecule has 102 valence electrons. The Labute approximate surface area is 113 Å². The molecule has 0 atom stereocenters. The lowest BCUT2D eigenvalue weighted by Crippen LogP contribution is -2.31. The van der Waals surface area contributed by atoms with E-state index in [-0.39, 0.29) is 5.91 Å². The number of ether oxygens (including phenoxy) is 2. The first-order valence-electron chi connectivity index (χ1n) is 6.91. The lowest BCUT2D eigenvalue weighted by molar-refractivity contribution is 0.0933. The first-order valence-corrected chi connectivity index (χ1v) is 6.91. The van der Waals surface area contributed by atoms with E-state index >= 15 is 0 Å². The minimum absolute atomic E-state index is 0.0675. The van der Waals surface area contributed by atoms with Gasteiger partial charge in [-0.3, -0.25) is 4.79 Å². The van der Waals surface area contributed by atoms with Gasteiger partial charge in [-0.2, -0.15) is 0 Å². The maximum atomic E-state index is 12.3. The summed E-state index contributed by atoms with van der Waals surface area (Å²) in [4.78, 5) is 12.3. The van der Waals surface area contributed by atoms with E-state index in [9.17, 15) is 4.79 Å². The Morgan fingerprint density at radius 3 is 2.84 bits per heavy atom. The van der Waals surface area contributed by atoms with E-state index in [0.29, 0.717) is 35.7 Å². The lowest BCUT2D eigenvalue weighted by atomic mass is 10.0. The maximum Gasteiger partial charge on any atom is 0.255 e. The number of nitrogens with one attached hydrogen (secondary N) is 1. The molecule has 1 amide bonds. The van der Waals surface area contributed by atoms with Gasteiger partial charge in [-0.05, 0) is 36.8 Å². The van der Waals surface area contributed by atoms with Crippen LogP contribution < -0.4 is 14.8 Å². The van der Waals surface area contributed by atoms with Gasteiger partial charge in [0.25, 0.3) is 5.91 Å². The van der Waals surface area contributed by atoms with Gasteiger partial charge in [-0.25, -0.2) is 0 Å². The predicted octanol–water partition coefficient (Wildman–Crippen LogP) is 2.38. The van der Waals surface area contributed by atoms with Crippen LogP contribution in [0.4, 0.5) is 0 Å². The van der Waals surface area contributed by atoms with E-state index in [4.69, 9.17) is 9.47 Å². The molecule has 1 fully saturated rings. The number of amides is 1. The van der Waals surface area contributed by atoms with Crippen molar-refractivity contribution in [2.75, 3.05) is 19.8 Å². The summed E-state index contributed by atoms with van der Waals surface area (Å²) in [5.41, 5.74) is 0.922. The van der Waals surface area contributed by atoms with Gasteiger partial charge in [0.15, 0.2) is 11.5 Å². The van der Waals surface area contributed by atoms with Crippen molar-refractivity contribution >= 4 is 5.91 Å². The Hall–Kier alpha value is -1.71. The predicted molar refractivity (Wildman–Crippen MR) is 71.7 cm³/mol. The summed E-state index contributed by atoms with van der Waals surface area (Å²) < 4.78 is 11.1. The maximum absolute atomic E-state index is 12.3. The second-order valence-corrected chi connectivity index (χ2v) is 5.37. The topological polar surface area (TPSA) is 47.6 Å². The van der Waals surface area contributed by atoms with Gasteiger partial charge in [0.2, 0.25) is 0 Å². The van der Waals surface area contributed by atoms with Gasteiger partial charge in [0.05, 0.1) is 5.56 Å². The molecule has 19 heavy (non-hydrogen) atoms. The molecule has 1 saturated carbocycles. The highest BCUT2D eigenvalue weighted by atomic mass is 16.6. The molecule has 0 spiro atoms. The zero-order chi connectivity index (χ0) is 13.3. The van der Waals surface area contributed by atoms with Crippen molar-refractivity contribution in [2.24, 2.45) is 5.41 Å². The molecule has 1 aliphatic carbocycles. The zero-order valence-corrected chi connectivity index (χ0v) is 11.2. The van der Waals surface area contributed by atoms with Crippen LogP contribution in [0.2, 0.25) is 0 Å². The van der Waals surface area contributed by atoms with Crippen LogP contribution in [0.25, 0.3) is 0 Å². The van der Waals surface area contributed by atoms with Gasteiger partial charge in [-0.15, -0.1) is 0 Å². The van der Waals surface area contributed by atoms with E-state index in [1.807, 2.05) is 12.1 Å². The summed E-state index contributed by atoms with van der Waals surface area (Å²) in [6, 6.07) is 5.45. The fraction of sp³-hybridized carbons (Fsp3) is 0.533. The number of carbonyl (C=O) groups excluding carboxylic acids is 1. The first kappa shape index (κ1) is 12.3. The third kappa shape index (κ3) is 2.39. The van der Waals surface area contributed by atoms with Gasteiger partial charge in [0, 0.05) is 6.54 Å². The van der Waals surface area contributed by atoms with Crippen LogP contribution >= 0.6 is 0 Å². The SMILES string of the molecule is CCC1(CNC(=O)c2cccc3c2OCCO3)CC1. The Bertz CT molecular complexity index is 494. The molecule has 0 bridgehead atoms. The first-order chi connectivity index (χ1) is 9.24. The fourth-order valence-electron chi connectivity index (χ4n) is 2.45. The highest BCUT2D eigenvalue weighted by molar-refractivity contribution is 5.97. The third-order valence-electron chi connectivity index (χ3n) is 4.14. The van der Waals surface area contributed by atoms with Crippen molar-refractivity contribution in [3.05, 3.63) is 23.8 Å². The van der Waals surface area contributed by atoms with E-state index in [1.165, 1.54) is 12.8 Å². The number of hydrogen-bond acceptors (Lipinski definition) is 3. The number of fused-ring (bicyclic) bond motifs is 1. The molecule has 1 aromatic carbocycles. The Balaban J connectivity index is 1.73. The van der Waals surface area contributed by atoms with E-state index in [1.54, 1.807) is 6.07 Å². The summed E-state index contributed by atoms with van der Waals surface area (Å²) in [6.07, 6.45) is 3.56. The third-order valence-corrected chi connectivity index (χ3v) is 4.14. The van der Waals surface area contributed by atoms with Crippen molar-refractivity contribution in [1.29, 1.82) is 0 Å². The summed E-state index contributed by atoms with van der Waals surface area (Å²) in [6.45, 7) is 3.97. The number of hydrogen-bond donors (Lipinski definition) is 1. The van der Waals surface area contributed by atoms with Crippen LogP contribution in [0.1, 0.15) is 36.5 Å². The van der Waals surface area contributed by atoms with Gasteiger partial charge >= 0.3 is 0 Å². The van der Waals surface area contributed by atoms with Crippen LogP contribution in [0.3, 0.4) is 0 Å². The van der Waals surface area contributed by atoms with Crippen molar-refractivity contribution in [2.45, 2.75) is 26.2 Å². The molecule has 2 aliphatic rings. The smallest absolute Gasteiger partial charge is 0.255 e. The molecular weight excluding hydrogens is 242 g/mol. The Morgan fingerprint density at radius 1 is 1.32 bits per heavy atom. The Kier molecular flexibility index (Phi) is 3.09. The lowest BCUT2D eigenvalue weighted by Gasteiger charge is -2.21. The second kappa shape index (κ2) is 4.76. The van der Waals surface area contributed by atoms with E-state index < -0.39 is 0 Å². The summed E-state index contributed by atoms with van der Waals surface area (Å²) in [5, 5.41) is 3.03. The monoisotopic (exact) mass is 261 g/mol. The van der Waals surface area contributed by atoms with Gasteiger partial charge in [-0.1, -0.05) is 13.0 Å². The van der Waals surface area contributed by atoms with Gasteiger partial charge < -0.3 is 14.8 Å². The molecule has 1 aliphatic heterocycles.